The molecule has 4 N–H and O–H groups in total. The maximum atomic E-state index is 12.8. The van der Waals surface area contributed by atoms with Gasteiger partial charge in [-0.05, 0) is 25.8 Å². The van der Waals surface area contributed by atoms with Gasteiger partial charge in [0.15, 0.2) is 0 Å². The fourth-order valence-corrected chi connectivity index (χ4v) is 8.45. The van der Waals surface area contributed by atoms with E-state index in [1.807, 2.05) is 0 Å². The largest absolute Gasteiger partial charge is 0.354 e. The van der Waals surface area contributed by atoms with E-state index in [4.69, 9.17) is 0 Å². The smallest absolute Gasteiger partial charge is 0.221 e. The molecule has 63 heavy (non-hydrogen) atoms. The third-order valence-electron chi connectivity index (χ3n) is 12.7. The average Bonchev–Trinajstić information content (AvgIpc) is 3.28. The summed E-state index contributed by atoms with van der Waals surface area (Å²) < 4.78 is 0. The quantitative estimate of drug-likeness (QED) is 0.0454. The van der Waals surface area contributed by atoms with Crippen LogP contribution in [0.5, 0.6) is 0 Å². The van der Waals surface area contributed by atoms with E-state index >= 15 is 0 Å². The first-order valence-corrected chi connectivity index (χ1v) is 27.7. The highest BCUT2D eigenvalue weighted by Crippen LogP contribution is 2.15. The van der Waals surface area contributed by atoms with Crippen LogP contribution in [0.15, 0.2) is 0 Å². The first kappa shape index (κ1) is 60.8. The van der Waals surface area contributed by atoms with Crippen LogP contribution in [0.4, 0.5) is 0 Å². The van der Waals surface area contributed by atoms with E-state index in [-0.39, 0.29) is 23.6 Å². The van der Waals surface area contributed by atoms with Gasteiger partial charge in [0, 0.05) is 65.0 Å². The van der Waals surface area contributed by atoms with Crippen molar-refractivity contribution in [1.29, 1.82) is 0 Å². The summed E-state index contributed by atoms with van der Waals surface area (Å²) >= 11 is 0. The highest BCUT2D eigenvalue weighted by molar-refractivity contribution is 5.78. The molecule has 0 aromatic rings. The fourth-order valence-electron chi connectivity index (χ4n) is 8.45. The zero-order valence-corrected chi connectivity index (χ0v) is 42.3. The van der Waals surface area contributed by atoms with E-state index in [0.29, 0.717) is 65.0 Å². The highest BCUT2D eigenvalue weighted by Gasteiger charge is 2.12. The number of unbranched alkanes of at least 4 members (excludes halogenated alkanes) is 33. The molecule has 0 heterocycles. The Hall–Kier alpha value is -2.16. The molecule has 0 unspecified atom stereocenters. The molecular formula is C54H107N5O4. The standard InChI is InChI=1S/C54H107N5O4/c1-4-7-10-13-16-19-22-23-24-25-26-27-30-33-36-39-48-59(49-42-53(62)57-46-44-55-51(60)40-37-34-31-28-20-17-14-11-8-5-2)50-43-54(63)58-47-45-56-52(61)41-38-35-32-29-21-18-15-12-9-6-3/h4-50H2,1-3H3,(H,55,60)(H,56,61)(H,57,62)(H,58,63). The summed E-state index contributed by atoms with van der Waals surface area (Å²) in [5.74, 6) is 0.0976. The van der Waals surface area contributed by atoms with Crippen molar-refractivity contribution in [2.45, 2.75) is 278 Å². The topological polar surface area (TPSA) is 120 Å². The van der Waals surface area contributed by atoms with Crippen molar-refractivity contribution in [2.24, 2.45) is 0 Å². The monoisotopic (exact) mass is 890 g/mol. The molecule has 9 heteroatoms. The van der Waals surface area contributed by atoms with Gasteiger partial charge in [-0.3, -0.25) is 19.2 Å². The second kappa shape index (κ2) is 50.8. The molecule has 0 aromatic carbocycles. The summed E-state index contributed by atoms with van der Waals surface area (Å²) in [6.07, 6.45) is 48.2. The molecule has 4 amide bonds. The molecule has 0 atom stereocenters. The maximum Gasteiger partial charge on any atom is 0.221 e. The van der Waals surface area contributed by atoms with E-state index in [9.17, 15) is 19.2 Å². The highest BCUT2D eigenvalue weighted by atomic mass is 16.2. The van der Waals surface area contributed by atoms with Crippen molar-refractivity contribution < 1.29 is 19.2 Å². The SMILES string of the molecule is CCCCCCCCCCCCCCCCCCN(CCC(=O)NCCNC(=O)CCCCCCCCCCCC)CCC(=O)NCCNC(=O)CCCCCCCCCCCC. The molecule has 0 aliphatic carbocycles. The Bertz CT molecular complexity index is 951. The Kier molecular flexibility index (Phi) is 49.1. The summed E-state index contributed by atoms with van der Waals surface area (Å²) in [4.78, 5) is 52.3. The predicted molar refractivity (Wildman–Crippen MR) is 270 cm³/mol. The van der Waals surface area contributed by atoms with Crippen molar-refractivity contribution >= 4 is 23.6 Å². The third kappa shape index (κ3) is 49.1. The summed E-state index contributed by atoms with van der Waals surface area (Å²) in [6, 6.07) is 0. The number of carbonyl (C=O) groups is 4. The molecule has 0 fully saturated rings. The van der Waals surface area contributed by atoms with Crippen LogP contribution in [-0.4, -0.2) is 74.3 Å². The molecule has 9 nitrogen and oxygen atoms in total. The fraction of sp³-hybridized carbons (Fsp3) is 0.926. The first-order valence-electron chi connectivity index (χ1n) is 27.7. The van der Waals surface area contributed by atoms with Crippen LogP contribution in [0.3, 0.4) is 0 Å². The Labute approximate surface area is 391 Å². The number of hydrogen-bond donors (Lipinski definition) is 4. The lowest BCUT2D eigenvalue weighted by molar-refractivity contribution is -0.123. The lowest BCUT2D eigenvalue weighted by Crippen LogP contribution is -2.38. The number of nitrogens with one attached hydrogen (secondary N) is 4. The summed E-state index contributed by atoms with van der Waals surface area (Å²) in [5, 5.41) is 11.9. The van der Waals surface area contributed by atoms with E-state index < -0.39 is 0 Å². The first-order chi connectivity index (χ1) is 30.9. The zero-order chi connectivity index (χ0) is 45.9. The summed E-state index contributed by atoms with van der Waals surface area (Å²) in [6.45, 7) is 10.6. The van der Waals surface area contributed by atoms with Gasteiger partial charge in [-0.1, -0.05) is 233 Å². The van der Waals surface area contributed by atoms with Gasteiger partial charge in [-0.15, -0.1) is 0 Å². The Morgan fingerprint density at radius 3 is 0.714 bits per heavy atom. The van der Waals surface area contributed by atoms with Crippen LogP contribution in [0.2, 0.25) is 0 Å². The average molecular weight is 890 g/mol. The van der Waals surface area contributed by atoms with Gasteiger partial charge in [0.2, 0.25) is 23.6 Å². The molecule has 0 aliphatic heterocycles. The van der Waals surface area contributed by atoms with Gasteiger partial charge in [-0.2, -0.15) is 0 Å². The molecule has 0 aromatic heterocycles. The van der Waals surface area contributed by atoms with E-state index in [1.165, 1.54) is 199 Å². The molecule has 0 aliphatic rings. The third-order valence-corrected chi connectivity index (χ3v) is 12.7. The second-order valence-electron chi connectivity index (χ2n) is 18.9. The molecule has 0 saturated heterocycles. The van der Waals surface area contributed by atoms with Crippen LogP contribution in [0.1, 0.15) is 278 Å². The molecule has 0 radical (unpaired) electrons. The Balaban J connectivity index is 4.34. The number of amides is 4. The summed E-state index contributed by atoms with van der Waals surface area (Å²) in [7, 11) is 0. The van der Waals surface area contributed by atoms with Crippen LogP contribution in [0, 0.1) is 0 Å². The molecule has 0 saturated carbocycles. The molecule has 0 rings (SSSR count). The van der Waals surface area contributed by atoms with Gasteiger partial charge in [0.1, 0.15) is 0 Å². The van der Waals surface area contributed by atoms with Gasteiger partial charge in [-0.25, -0.2) is 0 Å². The number of carbonyl (C=O) groups excluding carboxylic acids is 4. The van der Waals surface area contributed by atoms with E-state index in [2.05, 4.69) is 46.9 Å². The van der Waals surface area contributed by atoms with Crippen LogP contribution in [-0.2, 0) is 19.2 Å². The Morgan fingerprint density at radius 1 is 0.254 bits per heavy atom. The minimum Gasteiger partial charge on any atom is -0.354 e. The zero-order valence-electron chi connectivity index (χ0n) is 42.3. The second-order valence-corrected chi connectivity index (χ2v) is 18.9. The van der Waals surface area contributed by atoms with Crippen LogP contribution < -0.4 is 21.3 Å². The van der Waals surface area contributed by atoms with Crippen molar-refractivity contribution in [2.75, 3.05) is 45.8 Å². The normalized spacial score (nSPS) is 11.3. The van der Waals surface area contributed by atoms with Crippen molar-refractivity contribution in [3.05, 3.63) is 0 Å². The molecule has 372 valence electrons. The number of hydrogen-bond acceptors (Lipinski definition) is 5. The minimum absolute atomic E-state index is 0.0195. The van der Waals surface area contributed by atoms with Crippen molar-refractivity contribution in [1.82, 2.24) is 26.2 Å². The van der Waals surface area contributed by atoms with Gasteiger partial charge in [0.25, 0.3) is 0 Å². The molecular weight excluding hydrogens is 783 g/mol. The van der Waals surface area contributed by atoms with Gasteiger partial charge >= 0.3 is 0 Å². The van der Waals surface area contributed by atoms with Crippen molar-refractivity contribution in [3.8, 4) is 0 Å². The minimum atomic E-state index is -0.0195. The number of rotatable bonds is 51. The Morgan fingerprint density at radius 2 is 0.460 bits per heavy atom. The van der Waals surface area contributed by atoms with Crippen LogP contribution >= 0.6 is 0 Å². The summed E-state index contributed by atoms with van der Waals surface area (Å²) in [5.41, 5.74) is 0. The van der Waals surface area contributed by atoms with Crippen molar-refractivity contribution in [3.63, 3.8) is 0 Å². The lowest BCUT2D eigenvalue weighted by atomic mass is 10.0. The maximum absolute atomic E-state index is 12.8. The number of nitrogens with zero attached hydrogens (tertiary/aromatic N) is 1. The van der Waals surface area contributed by atoms with Gasteiger partial charge < -0.3 is 26.2 Å². The predicted octanol–water partition coefficient (Wildman–Crippen LogP) is 13.4. The molecule has 0 bridgehead atoms. The lowest BCUT2D eigenvalue weighted by Gasteiger charge is -2.22. The molecule has 0 spiro atoms. The van der Waals surface area contributed by atoms with Gasteiger partial charge in [0.05, 0.1) is 0 Å². The van der Waals surface area contributed by atoms with Crippen LogP contribution in [0.25, 0.3) is 0 Å². The van der Waals surface area contributed by atoms with E-state index in [1.54, 1.807) is 0 Å². The van der Waals surface area contributed by atoms with E-state index in [0.717, 1.165) is 38.6 Å².